The Morgan fingerprint density at radius 1 is 1.20 bits per heavy atom. The van der Waals surface area contributed by atoms with Crippen molar-refractivity contribution in [3.8, 4) is 11.5 Å². The van der Waals surface area contributed by atoms with Crippen molar-refractivity contribution in [3.05, 3.63) is 53.1 Å². The summed E-state index contributed by atoms with van der Waals surface area (Å²) in [5, 5.41) is 0. The Bertz CT molecular complexity index is 792. The van der Waals surface area contributed by atoms with Gasteiger partial charge in [-0.15, -0.1) is 0 Å². The van der Waals surface area contributed by atoms with E-state index in [9.17, 15) is 13.6 Å². The van der Waals surface area contributed by atoms with Gasteiger partial charge in [-0.05, 0) is 49.1 Å². The lowest BCUT2D eigenvalue weighted by Crippen LogP contribution is -2.36. The van der Waals surface area contributed by atoms with E-state index in [1.54, 1.807) is 4.90 Å². The second-order valence-electron chi connectivity index (χ2n) is 5.89. The van der Waals surface area contributed by atoms with Gasteiger partial charge in [0.15, 0.2) is 11.5 Å². The number of carbonyl (C=O) groups is 1. The second kappa shape index (κ2) is 7.09. The van der Waals surface area contributed by atoms with E-state index in [1.165, 1.54) is 25.3 Å². The van der Waals surface area contributed by atoms with Crippen molar-refractivity contribution in [1.29, 1.82) is 0 Å². The van der Waals surface area contributed by atoms with Crippen molar-refractivity contribution >= 4 is 11.6 Å². The van der Waals surface area contributed by atoms with Gasteiger partial charge < -0.3 is 14.4 Å². The number of alkyl halides is 2. The molecule has 132 valence electrons. The van der Waals surface area contributed by atoms with Crippen LogP contribution in [-0.2, 0) is 6.42 Å². The van der Waals surface area contributed by atoms with Crippen molar-refractivity contribution in [2.75, 3.05) is 18.6 Å². The molecule has 0 atom stereocenters. The lowest BCUT2D eigenvalue weighted by atomic mass is 9.97. The number of benzene rings is 2. The van der Waals surface area contributed by atoms with Crippen LogP contribution in [-0.4, -0.2) is 26.2 Å². The third-order valence-electron chi connectivity index (χ3n) is 4.29. The number of halogens is 2. The van der Waals surface area contributed by atoms with Gasteiger partial charge >= 0.3 is 6.61 Å². The molecule has 1 heterocycles. The van der Waals surface area contributed by atoms with Crippen LogP contribution in [0.3, 0.4) is 0 Å². The number of hydrogen-bond acceptors (Lipinski definition) is 3. The van der Waals surface area contributed by atoms with E-state index in [0.29, 0.717) is 12.1 Å². The predicted octanol–water partition coefficient (Wildman–Crippen LogP) is 4.20. The number of aryl methyl sites for hydroxylation is 2. The minimum Gasteiger partial charge on any atom is -0.493 e. The van der Waals surface area contributed by atoms with Crippen molar-refractivity contribution in [1.82, 2.24) is 0 Å². The Morgan fingerprint density at radius 3 is 2.72 bits per heavy atom. The summed E-state index contributed by atoms with van der Waals surface area (Å²) in [7, 11) is 1.35. The molecule has 0 saturated carbocycles. The van der Waals surface area contributed by atoms with Gasteiger partial charge in [-0.2, -0.15) is 8.78 Å². The highest BCUT2D eigenvalue weighted by Gasteiger charge is 2.26. The average Bonchev–Trinajstić information content (AvgIpc) is 2.61. The zero-order chi connectivity index (χ0) is 18.0. The summed E-state index contributed by atoms with van der Waals surface area (Å²) >= 11 is 0. The Balaban J connectivity index is 1.95. The lowest BCUT2D eigenvalue weighted by molar-refractivity contribution is -0.0512. The first-order valence-electron chi connectivity index (χ1n) is 8.04. The Kier molecular flexibility index (Phi) is 4.88. The first-order chi connectivity index (χ1) is 12.0. The highest BCUT2D eigenvalue weighted by Crippen LogP contribution is 2.34. The largest absolute Gasteiger partial charge is 0.493 e. The molecule has 0 bridgehead atoms. The molecule has 0 spiro atoms. The van der Waals surface area contributed by atoms with Crippen LogP contribution in [0.4, 0.5) is 14.5 Å². The summed E-state index contributed by atoms with van der Waals surface area (Å²) in [6.07, 6.45) is 1.82. The van der Waals surface area contributed by atoms with Crippen LogP contribution < -0.4 is 14.4 Å². The lowest BCUT2D eigenvalue weighted by Gasteiger charge is -2.31. The summed E-state index contributed by atoms with van der Waals surface area (Å²) < 4.78 is 34.4. The Labute approximate surface area is 145 Å². The summed E-state index contributed by atoms with van der Waals surface area (Å²) in [6.45, 7) is -0.356. The van der Waals surface area contributed by atoms with Gasteiger partial charge in [0, 0.05) is 12.1 Å². The maximum Gasteiger partial charge on any atom is 0.387 e. The van der Waals surface area contributed by atoms with E-state index in [1.807, 2.05) is 25.1 Å². The number of anilines is 1. The van der Waals surface area contributed by atoms with Crippen molar-refractivity contribution in [2.45, 2.75) is 26.4 Å². The number of methoxy groups -OCH3 is 1. The predicted molar refractivity (Wildman–Crippen MR) is 90.8 cm³/mol. The van der Waals surface area contributed by atoms with Gasteiger partial charge in [0.2, 0.25) is 0 Å². The zero-order valence-corrected chi connectivity index (χ0v) is 14.1. The molecule has 0 radical (unpaired) electrons. The zero-order valence-electron chi connectivity index (χ0n) is 14.1. The molecule has 2 aromatic carbocycles. The second-order valence-corrected chi connectivity index (χ2v) is 5.89. The number of para-hydroxylation sites is 1. The number of amides is 1. The summed E-state index contributed by atoms with van der Waals surface area (Å²) in [5.41, 5.74) is 3.49. The first-order valence-corrected chi connectivity index (χ1v) is 8.04. The van der Waals surface area contributed by atoms with Crippen LogP contribution in [0.1, 0.15) is 27.9 Å². The number of ether oxygens (including phenoxy) is 2. The standard InChI is InChI=1S/C19H19F2NO3/c1-12-5-3-6-13-7-4-10-22(17(12)13)18(23)14-8-9-15(25-19(20)21)16(11-14)24-2/h3,5-6,8-9,11,19H,4,7,10H2,1-2H3. The van der Waals surface area contributed by atoms with Crippen LogP contribution in [0, 0.1) is 6.92 Å². The highest BCUT2D eigenvalue weighted by molar-refractivity contribution is 6.07. The maximum atomic E-state index is 13.0. The smallest absolute Gasteiger partial charge is 0.387 e. The van der Waals surface area contributed by atoms with E-state index in [-0.39, 0.29) is 17.4 Å². The molecular weight excluding hydrogens is 328 g/mol. The molecule has 0 aliphatic carbocycles. The minimum atomic E-state index is -2.95. The molecule has 1 aliphatic rings. The maximum absolute atomic E-state index is 13.0. The van der Waals surface area contributed by atoms with Crippen molar-refractivity contribution in [3.63, 3.8) is 0 Å². The van der Waals surface area contributed by atoms with Crippen LogP contribution in [0.15, 0.2) is 36.4 Å². The number of nitrogens with zero attached hydrogens (tertiary/aromatic N) is 1. The third-order valence-corrected chi connectivity index (χ3v) is 4.29. The third kappa shape index (κ3) is 3.43. The Hall–Kier alpha value is -2.63. The first kappa shape index (κ1) is 17.2. The fourth-order valence-electron chi connectivity index (χ4n) is 3.20. The number of rotatable bonds is 4. The van der Waals surface area contributed by atoms with Gasteiger partial charge in [0.1, 0.15) is 0 Å². The quantitative estimate of drug-likeness (QED) is 0.832. The number of carbonyl (C=O) groups excluding carboxylic acids is 1. The van der Waals surface area contributed by atoms with Gasteiger partial charge in [-0.1, -0.05) is 18.2 Å². The van der Waals surface area contributed by atoms with Gasteiger partial charge in [0.25, 0.3) is 5.91 Å². The molecule has 0 fully saturated rings. The molecule has 1 aliphatic heterocycles. The van der Waals surface area contributed by atoms with E-state index in [0.717, 1.165) is 29.7 Å². The minimum absolute atomic E-state index is 0.0933. The number of hydrogen-bond donors (Lipinski definition) is 0. The Morgan fingerprint density at radius 2 is 2.00 bits per heavy atom. The molecule has 0 saturated heterocycles. The molecule has 0 N–H and O–H groups in total. The van der Waals surface area contributed by atoms with Crippen LogP contribution >= 0.6 is 0 Å². The molecular formula is C19H19F2NO3. The summed E-state index contributed by atoms with van der Waals surface area (Å²) in [4.78, 5) is 14.7. The van der Waals surface area contributed by atoms with Gasteiger partial charge in [-0.3, -0.25) is 4.79 Å². The summed E-state index contributed by atoms with van der Waals surface area (Å²) in [6, 6.07) is 10.2. The average molecular weight is 347 g/mol. The van der Waals surface area contributed by atoms with Crippen molar-refractivity contribution < 1.29 is 23.0 Å². The molecule has 6 heteroatoms. The van der Waals surface area contributed by atoms with Crippen LogP contribution in [0.25, 0.3) is 0 Å². The van der Waals surface area contributed by atoms with Crippen molar-refractivity contribution in [2.24, 2.45) is 0 Å². The van der Waals surface area contributed by atoms with Gasteiger partial charge in [-0.25, -0.2) is 0 Å². The monoisotopic (exact) mass is 347 g/mol. The van der Waals surface area contributed by atoms with Crippen LogP contribution in [0.5, 0.6) is 11.5 Å². The topological polar surface area (TPSA) is 38.8 Å². The highest BCUT2D eigenvalue weighted by atomic mass is 19.3. The molecule has 1 amide bonds. The van der Waals surface area contributed by atoms with E-state index >= 15 is 0 Å². The van der Waals surface area contributed by atoms with E-state index in [4.69, 9.17) is 4.74 Å². The molecule has 25 heavy (non-hydrogen) atoms. The SMILES string of the molecule is COc1cc(C(=O)N2CCCc3cccc(C)c32)ccc1OC(F)F. The fraction of sp³-hybridized carbons (Fsp3) is 0.316. The van der Waals surface area contributed by atoms with E-state index in [2.05, 4.69) is 4.74 Å². The fourth-order valence-corrected chi connectivity index (χ4v) is 3.20. The normalized spacial score (nSPS) is 13.6. The molecule has 0 unspecified atom stereocenters. The van der Waals surface area contributed by atoms with Gasteiger partial charge in [0.05, 0.1) is 12.8 Å². The molecule has 4 nitrogen and oxygen atoms in total. The molecule has 3 rings (SSSR count). The van der Waals surface area contributed by atoms with Crippen LogP contribution in [0.2, 0.25) is 0 Å². The summed E-state index contributed by atoms with van der Waals surface area (Å²) in [5.74, 6) is -0.172. The van der Waals surface area contributed by atoms with E-state index < -0.39 is 6.61 Å². The number of fused-ring (bicyclic) bond motifs is 1. The molecule has 2 aromatic rings. The molecule has 0 aromatic heterocycles.